The summed E-state index contributed by atoms with van der Waals surface area (Å²) < 4.78 is 0. The molecule has 0 saturated carbocycles. The summed E-state index contributed by atoms with van der Waals surface area (Å²) in [4.78, 5) is 0.821. The predicted octanol–water partition coefficient (Wildman–Crippen LogP) is 5.42. The van der Waals surface area contributed by atoms with Crippen molar-refractivity contribution in [2.45, 2.75) is 38.8 Å². The van der Waals surface area contributed by atoms with Crippen molar-refractivity contribution in [3.05, 3.63) is 88.5 Å². The topological polar surface area (TPSA) is 47.9 Å². The van der Waals surface area contributed by atoms with Gasteiger partial charge >= 0.3 is 0 Å². The number of nitrogens with one attached hydrogen (secondary N) is 3. The van der Waals surface area contributed by atoms with Gasteiger partial charge in [0.15, 0.2) is 0 Å². The predicted molar refractivity (Wildman–Crippen MR) is 121 cm³/mol. The minimum Gasteiger partial charge on any atom is -0.340 e. The molecule has 4 rings (SSSR count). The summed E-state index contributed by atoms with van der Waals surface area (Å²) in [5.41, 5.74) is 7.20. The number of benzene rings is 2. The van der Waals surface area contributed by atoms with Gasteiger partial charge in [0.25, 0.3) is 0 Å². The van der Waals surface area contributed by atoms with Crippen molar-refractivity contribution in [3.63, 3.8) is 0 Å². The molecule has 2 aliphatic rings. The lowest BCUT2D eigenvalue weighted by Crippen LogP contribution is -2.20. The Morgan fingerprint density at radius 1 is 1.21 bits per heavy atom. The minimum atomic E-state index is 0.376. The zero-order valence-corrected chi connectivity index (χ0v) is 16.9. The van der Waals surface area contributed by atoms with Crippen LogP contribution in [0.15, 0.2) is 66.3 Å². The molecule has 4 heteroatoms. The van der Waals surface area contributed by atoms with Crippen molar-refractivity contribution in [2.24, 2.45) is 0 Å². The summed E-state index contributed by atoms with van der Waals surface area (Å²) in [5, 5.41) is 15.3. The molecule has 3 nitrogen and oxygen atoms in total. The number of hydrogen-bond acceptors (Lipinski definition) is 3. The molecule has 2 aromatic rings. The van der Waals surface area contributed by atoms with Gasteiger partial charge < -0.3 is 10.6 Å². The lowest BCUT2D eigenvalue weighted by Gasteiger charge is -2.17. The zero-order chi connectivity index (χ0) is 19.5. The molecular formula is C24H25N3S. The Bertz CT molecular complexity index is 987. The summed E-state index contributed by atoms with van der Waals surface area (Å²) in [6.07, 6.45) is 8.83. The third-order valence-electron chi connectivity index (χ3n) is 5.56. The van der Waals surface area contributed by atoms with Gasteiger partial charge in [-0.1, -0.05) is 60.8 Å². The number of thiocarbonyl (C=S) groups is 1. The molecule has 0 fully saturated rings. The zero-order valence-electron chi connectivity index (χ0n) is 16.1. The quantitative estimate of drug-likeness (QED) is 0.365. The van der Waals surface area contributed by atoms with Crippen molar-refractivity contribution < 1.29 is 0 Å². The van der Waals surface area contributed by atoms with Crippen LogP contribution in [0, 0.1) is 12.3 Å². The van der Waals surface area contributed by atoms with E-state index >= 15 is 0 Å². The Hall–Kier alpha value is -2.56. The first kappa shape index (κ1) is 18.8. The number of rotatable bonds is 5. The highest BCUT2D eigenvalue weighted by Crippen LogP contribution is 2.33. The van der Waals surface area contributed by atoms with Crippen molar-refractivity contribution in [1.82, 2.24) is 5.32 Å². The van der Waals surface area contributed by atoms with E-state index in [1.807, 2.05) is 18.2 Å². The Morgan fingerprint density at radius 2 is 2.07 bits per heavy atom. The van der Waals surface area contributed by atoms with E-state index < -0.39 is 0 Å². The molecular weight excluding hydrogens is 362 g/mol. The van der Waals surface area contributed by atoms with Crippen molar-refractivity contribution >= 4 is 28.6 Å². The van der Waals surface area contributed by atoms with E-state index in [-0.39, 0.29) is 0 Å². The molecule has 1 unspecified atom stereocenters. The number of aryl methyl sites for hydroxylation is 2. The normalized spacial score (nSPS) is 18.0. The van der Waals surface area contributed by atoms with Gasteiger partial charge in [0, 0.05) is 35.1 Å². The first-order valence-corrected chi connectivity index (χ1v) is 10.2. The van der Waals surface area contributed by atoms with Crippen LogP contribution in [-0.2, 0) is 13.0 Å². The van der Waals surface area contributed by atoms with Gasteiger partial charge in [-0.25, -0.2) is 0 Å². The lowest BCUT2D eigenvalue weighted by atomic mass is 10.0. The van der Waals surface area contributed by atoms with Gasteiger partial charge in [0.1, 0.15) is 5.84 Å². The highest BCUT2D eigenvalue weighted by Gasteiger charge is 2.22. The third kappa shape index (κ3) is 3.98. The number of allylic oxidation sites excluding steroid dienone is 3. The SMILES string of the molecule is Cc1ccccc1CNC1CCc2cc(NC(=N)C3=CC=CCC3=S)ccc21. The molecule has 28 heavy (non-hydrogen) atoms. The molecule has 0 amide bonds. The Balaban J connectivity index is 1.43. The van der Waals surface area contributed by atoms with E-state index in [2.05, 4.69) is 60.0 Å². The van der Waals surface area contributed by atoms with E-state index in [0.717, 1.165) is 41.9 Å². The Morgan fingerprint density at radius 3 is 2.89 bits per heavy atom. The summed E-state index contributed by atoms with van der Waals surface area (Å²) in [5.74, 6) is 0.376. The molecule has 1 atom stereocenters. The molecule has 3 N–H and O–H groups in total. The maximum atomic E-state index is 8.36. The second-order valence-electron chi connectivity index (χ2n) is 7.45. The first-order chi connectivity index (χ1) is 13.6. The molecule has 0 aromatic heterocycles. The fourth-order valence-electron chi connectivity index (χ4n) is 3.93. The van der Waals surface area contributed by atoms with Gasteiger partial charge in [-0.05, 0) is 54.2 Å². The molecule has 0 bridgehead atoms. The van der Waals surface area contributed by atoms with E-state index in [0.29, 0.717) is 11.9 Å². The smallest absolute Gasteiger partial charge is 0.131 e. The maximum Gasteiger partial charge on any atom is 0.131 e. The average Bonchev–Trinajstić information content (AvgIpc) is 3.10. The van der Waals surface area contributed by atoms with Crippen LogP contribution in [0.3, 0.4) is 0 Å². The highest BCUT2D eigenvalue weighted by atomic mass is 32.1. The highest BCUT2D eigenvalue weighted by molar-refractivity contribution is 7.81. The van der Waals surface area contributed by atoms with E-state index in [1.165, 1.54) is 22.3 Å². The fraction of sp³-hybridized carbons (Fsp3) is 0.250. The van der Waals surface area contributed by atoms with Gasteiger partial charge in [-0.3, -0.25) is 5.41 Å². The van der Waals surface area contributed by atoms with E-state index in [9.17, 15) is 0 Å². The fourth-order valence-corrected chi connectivity index (χ4v) is 4.19. The molecule has 2 aromatic carbocycles. The Labute approximate surface area is 172 Å². The largest absolute Gasteiger partial charge is 0.340 e. The number of amidine groups is 1. The second-order valence-corrected chi connectivity index (χ2v) is 7.94. The molecule has 142 valence electrons. The number of anilines is 1. The standard InChI is InChI=1S/C24H25N3S/c1-16-6-2-3-7-18(16)15-26-22-13-10-17-14-19(11-12-20(17)22)27-24(25)21-8-4-5-9-23(21)28/h2-8,11-12,14,22,26H,9-10,13,15H2,1H3,(H2,25,27). The molecule has 0 spiro atoms. The Kier molecular flexibility index (Phi) is 5.51. The summed E-state index contributed by atoms with van der Waals surface area (Å²) in [6, 6.07) is 15.4. The number of fused-ring (bicyclic) bond motifs is 1. The van der Waals surface area contributed by atoms with Crippen LogP contribution in [0.5, 0.6) is 0 Å². The molecule has 2 aliphatic carbocycles. The van der Waals surface area contributed by atoms with Crippen LogP contribution in [-0.4, -0.2) is 10.7 Å². The van der Waals surface area contributed by atoms with Crippen LogP contribution in [0.4, 0.5) is 5.69 Å². The summed E-state index contributed by atoms with van der Waals surface area (Å²) in [6.45, 7) is 3.05. The van der Waals surface area contributed by atoms with Crippen LogP contribution in [0.1, 0.15) is 41.1 Å². The lowest BCUT2D eigenvalue weighted by molar-refractivity contribution is 0.529. The first-order valence-electron chi connectivity index (χ1n) is 9.78. The van der Waals surface area contributed by atoms with Gasteiger partial charge in [-0.2, -0.15) is 0 Å². The maximum absolute atomic E-state index is 8.36. The summed E-state index contributed by atoms with van der Waals surface area (Å²) in [7, 11) is 0. The van der Waals surface area contributed by atoms with Crippen molar-refractivity contribution in [1.29, 1.82) is 5.41 Å². The second kappa shape index (κ2) is 8.21. The van der Waals surface area contributed by atoms with Gasteiger partial charge in [0.05, 0.1) is 0 Å². The molecule has 0 radical (unpaired) electrons. The van der Waals surface area contributed by atoms with E-state index in [4.69, 9.17) is 17.6 Å². The van der Waals surface area contributed by atoms with Crippen LogP contribution in [0.2, 0.25) is 0 Å². The van der Waals surface area contributed by atoms with Crippen LogP contribution in [0.25, 0.3) is 0 Å². The van der Waals surface area contributed by atoms with Crippen molar-refractivity contribution in [3.8, 4) is 0 Å². The minimum absolute atomic E-state index is 0.376. The third-order valence-corrected chi connectivity index (χ3v) is 5.95. The summed E-state index contributed by atoms with van der Waals surface area (Å²) >= 11 is 5.38. The average molecular weight is 388 g/mol. The monoisotopic (exact) mass is 387 g/mol. The van der Waals surface area contributed by atoms with Gasteiger partial charge in [-0.15, -0.1) is 0 Å². The van der Waals surface area contributed by atoms with Crippen molar-refractivity contribution in [2.75, 3.05) is 5.32 Å². The molecule has 0 saturated heterocycles. The van der Waals surface area contributed by atoms with Crippen LogP contribution >= 0.6 is 12.2 Å². The van der Waals surface area contributed by atoms with E-state index in [1.54, 1.807) is 0 Å². The van der Waals surface area contributed by atoms with Gasteiger partial charge in [0.2, 0.25) is 0 Å². The number of hydrogen-bond donors (Lipinski definition) is 3. The molecule has 0 heterocycles. The van der Waals surface area contributed by atoms with Crippen LogP contribution < -0.4 is 10.6 Å². The molecule has 0 aliphatic heterocycles.